The van der Waals surface area contributed by atoms with E-state index in [0.717, 1.165) is 29.2 Å². The van der Waals surface area contributed by atoms with Crippen molar-refractivity contribution in [3.8, 4) is 0 Å². The minimum Gasteiger partial charge on any atom is -0.370 e. The summed E-state index contributed by atoms with van der Waals surface area (Å²) in [6.45, 7) is 7.20. The van der Waals surface area contributed by atoms with Crippen molar-refractivity contribution in [1.29, 1.82) is 0 Å². The topological polar surface area (TPSA) is 37.8 Å². The zero-order valence-electron chi connectivity index (χ0n) is 12.2. The molecule has 0 radical (unpaired) electrons. The minimum absolute atomic E-state index is 0.0559. The fraction of sp³-hybridized carbons (Fsp3) is 0.375. The highest BCUT2D eigenvalue weighted by Crippen LogP contribution is 2.22. The fourth-order valence-corrected chi connectivity index (χ4v) is 2.21. The van der Waals surface area contributed by atoms with Crippen molar-refractivity contribution in [3.63, 3.8) is 0 Å². The van der Waals surface area contributed by atoms with Crippen molar-refractivity contribution < 1.29 is 0 Å². The van der Waals surface area contributed by atoms with Crippen LogP contribution in [0, 0.1) is 0 Å². The van der Waals surface area contributed by atoms with E-state index in [-0.39, 0.29) is 5.41 Å². The van der Waals surface area contributed by atoms with E-state index < -0.39 is 0 Å². The molecule has 20 heavy (non-hydrogen) atoms. The number of hydrogen-bond donors (Lipinski definition) is 1. The Hall–Kier alpha value is -1.42. The molecular formula is C16H20BrN3. The number of benzene rings is 1. The lowest BCUT2D eigenvalue weighted by atomic mass is 9.96. The molecule has 1 aromatic carbocycles. The molecule has 0 aliphatic heterocycles. The largest absolute Gasteiger partial charge is 0.370 e. The third-order valence-electron chi connectivity index (χ3n) is 2.93. The van der Waals surface area contributed by atoms with Crippen LogP contribution < -0.4 is 5.32 Å². The van der Waals surface area contributed by atoms with Crippen molar-refractivity contribution in [2.24, 2.45) is 0 Å². The molecule has 0 amide bonds. The van der Waals surface area contributed by atoms with Gasteiger partial charge >= 0.3 is 0 Å². The molecule has 0 bridgehead atoms. The molecule has 0 unspecified atom stereocenters. The number of rotatable bonds is 4. The van der Waals surface area contributed by atoms with Crippen LogP contribution in [0.25, 0.3) is 0 Å². The van der Waals surface area contributed by atoms with Crippen LogP contribution in [-0.2, 0) is 11.8 Å². The summed E-state index contributed by atoms with van der Waals surface area (Å²) in [6.07, 6.45) is 0.979. The molecule has 106 valence electrons. The van der Waals surface area contributed by atoms with E-state index in [0.29, 0.717) is 0 Å². The molecule has 2 rings (SSSR count). The number of anilines is 1. The lowest BCUT2D eigenvalue weighted by Crippen LogP contribution is -2.18. The van der Waals surface area contributed by atoms with Gasteiger partial charge in [0.1, 0.15) is 16.2 Å². The highest BCUT2D eigenvalue weighted by atomic mass is 79.9. The Morgan fingerprint density at radius 1 is 1.10 bits per heavy atom. The van der Waals surface area contributed by atoms with Crippen molar-refractivity contribution in [2.45, 2.75) is 32.6 Å². The summed E-state index contributed by atoms with van der Waals surface area (Å²) in [5.74, 6) is 1.71. The quantitative estimate of drug-likeness (QED) is 0.852. The molecule has 2 aromatic rings. The first-order chi connectivity index (χ1) is 9.45. The number of nitrogens with zero attached hydrogens (tertiary/aromatic N) is 2. The number of nitrogens with one attached hydrogen (secondary N) is 1. The zero-order chi connectivity index (χ0) is 14.6. The molecule has 0 spiro atoms. The zero-order valence-corrected chi connectivity index (χ0v) is 13.7. The third-order valence-corrected chi connectivity index (χ3v) is 3.33. The van der Waals surface area contributed by atoms with Crippen LogP contribution in [0.4, 0.5) is 5.82 Å². The van der Waals surface area contributed by atoms with E-state index in [9.17, 15) is 0 Å². The van der Waals surface area contributed by atoms with E-state index in [1.165, 1.54) is 5.56 Å². The maximum atomic E-state index is 4.58. The molecule has 1 heterocycles. The predicted molar refractivity (Wildman–Crippen MR) is 87.1 cm³/mol. The Balaban J connectivity index is 2.01. The molecule has 0 saturated carbocycles. The summed E-state index contributed by atoms with van der Waals surface area (Å²) in [6, 6.07) is 12.4. The average molecular weight is 334 g/mol. The van der Waals surface area contributed by atoms with E-state index >= 15 is 0 Å². The van der Waals surface area contributed by atoms with Crippen molar-refractivity contribution >= 4 is 21.7 Å². The van der Waals surface area contributed by atoms with Gasteiger partial charge in [0.05, 0.1) is 0 Å². The maximum absolute atomic E-state index is 4.58. The van der Waals surface area contributed by atoms with Gasteiger partial charge in [0.2, 0.25) is 0 Å². The monoisotopic (exact) mass is 333 g/mol. The summed E-state index contributed by atoms with van der Waals surface area (Å²) in [5.41, 5.74) is 1.27. The van der Waals surface area contributed by atoms with Gasteiger partial charge in [0, 0.05) is 18.0 Å². The van der Waals surface area contributed by atoms with E-state index in [1.54, 1.807) is 0 Å². The van der Waals surface area contributed by atoms with Gasteiger partial charge in [-0.15, -0.1) is 0 Å². The van der Waals surface area contributed by atoms with Gasteiger partial charge in [-0.3, -0.25) is 0 Å². The molecule has 3 nitrogen and oxygen atoms in total. The molecule has 1 N–H and O–H groups in total. The molecule has 0 aliphatic carbocycles. The van der Waals surface area contributed by atoms with Crippen LogP contribution >= 0.6 is 15.9 Å². The highest BCUT2D eigenvalue weighted by Gasteiger charge is 2.18. The first kappa shape index (κ1) is 15.0. The van der Waals surface area contributed by atoms with Crippen LogP contribution in [0.5, 0.6) is 0 Å². The highest BCUT2D eigenvalue weighted by molar-refractivity contribution is 9.10. The van der Waals surface area contributed by atoms with Crippen LogP contribution in [0.3, 0.4) is 0 Å². The summed E-state index contributed by atoms with van der Waals surface area (Å²) >= 11 is 3.45. The maximum Gasteiger partial charge on any atom is 0.137 e. The average Bonchev–Trinajstić information content (AvgIpc) is 2.38. The summed E-state index contributed by atoms with van der Waals surface area (Å²) in [7, 11) is 0. The SMILES string of the molecule is CC(C)(C)c1nc(Br)cc(NCCc2ccccc2)n1. The smallest absolute Gasteiger partial charge is 0.137 e. The van der Waals surface area contributed by atoms with Crippen LogP contribution in [0.15, 0.2) is 41.0 Å². The summed E-state index contributed by atoms with van der Waals surface area (Å²) in [5, 5.41) is 3.37. The standard InChI is InChI=1S/C16H20BrN3/c1-16(2,3)15-19-13(17)11-14(20-15)18-10-9-12-7-5-4-6-8-12/h4-8,11H,9-10H2,1-3H3,(H,18,19,20). The second kappa shape index (κ2) is 6.35. The second-order valence-corrected chi connectivity index (χ2v) is 6.62. The summed E-state index contributed by atoms with van der Waals surface area (Å²) < 4.78 is 0.819. The molecule has 0 aliphatic rings. The lowest BCUT2D eigenvalue weighted by molar-refractivity contribution is 0.544. The molecule has 0 fully saturated rings. The van der Waals surface area contributed by atoms with Gasteiger partial charge in [-0.25, -0.2) is 9.97 Å². The third kappa shape index (κ3) is 4.30. The van der Waals surface area contributed by atoms with Gasteiger partial charge < -0.3 is 5.32 Å². The lowest BCUT2D eigenvalue weighted by Gasteiger charge is -2.18. The molecule has 0 saturated heterocycles. The predicted octanol–water partition coefficient (Wildman–Crippen LogP) is 4.19. The number of halogens is 1. The van der Waals surface area contributed by atoms with Crippen molar-refractivity contribution in [2.75, 3.05) is 11.9 Å². The van der Waals surface area contributed by atoms with E-state index in [2.05, 4.69) is 76.3 Å². The Kier molecular flexibility index (Phi) is 4.76. The van der Waals surface area contributed by atoms with Gasteiger partial charge in [-0.2, -0.15) is 0 Å². The van der Waals surface area contributed by atoms with Crippen LogP contribution in [0.1, 0.15) is 32.2 Å². The molecule has 0 atom stereocenters. The van der Waals surface area contributed by atoms with Crippen molar-refractivity contribution in [3.05, 3.63) is 52.4 Å². The van der Waals surface area contributed by atoms with Gasteiger partial charge in [0.15, 0.2) is 0 Å². The van der Waals surface area contributed by atoms with Gasteiger partial charge in [-0.05, 0) is 27.9 Å². The van der Waals surface area contributed by atoms with Crippen LogP contribution in [0.2, 0.25) is 0 Å². The van der Waals surface area contributed by atoms with Gasteiger partial charge in [0.25, 0.3) is 0 Å². The van der Waals surface area contributed by atoms with Crippen LogP contribution in [-0.4, -0.2) is 16.5 Å². The first-order valence-electron chi connectivity index (χ1n) is 6.78. The van der Waals surface area contributed by atoms with Gasteiger partial charge in [-0.1, -0.05) is 51.1 Å². The fourth-order valence-electron chi connectivity index (χ4n) is 1.82. The molecule has 4 heteroatoms. The van der Waals surface area contributed by atoms with E-state index in [4.69, 9.17) is 0 Å². The van der Waals surface area contributed by atoms with Crippen molar-refractivity contribution in [1.82, 2.24) is 9.97 Å². The molecular weight excluding hydrogens is 314 g/mol. The first-order valence-corrected chi connectivity index (χ1v) is 7.57. The Bertz CT molecular complexity index is 562. The summed E-state index contributed by atoms with van der Waals surface area (Å²) in [4.78, 5) is 9.02. The Labute approximate surface area is 129 Å². The normalized spacial score (nSPS) is 11.4. The minimum atomic E-state index is -0.0559. The second-order valence-electron chi connectivity index (χ2n) is 5.81. The number of hydrogen-bond acceptors (Lipinski definition) is 3. The molecule has 1 aromatic heterocycles. The Morgan fingerprint density at radius 3 is 2.45 bits per heavy atom. The Morgan fingerprint density at radius 2 is 1.80 bits per heavy atom. The number of aromatic nitrogens is 2. The van der Waals surface area contributed by atoms with E-state index in [1.807, 2.05) is 12.1 Å².